The third-order valence-electron chi connectivity index (χ3n) is 3.94. The molecule has 0 aliphatic heterocycles. The zero-order valence-electron chi connectivity index (χ0n) is 14.1. The molecule has 1 rings (SSSR count). The van der Waals surface area contributed by atoms with E-state index in [-0.39, 0.29) is 23.9 Å². The summed E-state index contributed by atoms with van der Waals surface area (Å²) in [5.41, 5.74) is 7.82. The first kappa shape index (κ1) is 20.7. The van der Waals surface area contributed by atoms with E-state index in [2.05, 4.69) is 11.4 Å². The molecule has 0 heterocycles. The van der Waals surface area contributed by atoms with E-state index in [4.69, 9.17) is 10.5 Å². The molecular weight excluding hydrogens is 300 g/mol. The van der Waals surface area contributed by atoms with Crippen LogP contribution in [0.2, 0.25) is 0 Å². The summed E-state index contributed by atoms with van der Waals surface area (Å²) in [5, 5.41) is 3.04. The summed E-state index contributed by atoms with van der Waals surface area (Å²) in [6, 6.07) is 6.05. The third kappa shape index (κ3) is 6.24. The molecule has 5 heteroatoms. The first-order chi connectivity index (χ1) is 9.94. The molecule has 126 valence electrons. The van der Waals surface area contributed by atoms with Crippen molar-refractivity contribution in [1.82, 2.24) is 5.32 Å². The van der Waals surface area contributed by atoms with Gasteiger partial charge in [-0.1, -0.05) is 19.9 Å². The number of aryl methyl sites for hydroxylation is 2. The van der Waals surface area contributed by atoms with Crippen molar-refractivity contribution in [2.45, 2.75) is 52.5 Å². The van der Waals surface area contributed by atoms with Crippen LogP contribution < -0.4 is 15.8 Å². The van der Waals surface area contributed by atoms with E-state index >= 15 is 0 Å². The van der Waals surface area contributed by atoms with Crippen molar-refractivity contribution in [1.29, 1.82) is 0 Å². The predicted molar refractivity (Wildman–Crippen MR) is 93.8 cm³/mol. The fourth-order valence-corrected chi connectivity index (χ4v) is 2.40. The Bertz CT molecular complexity index is 445. The molecule has 0 radical (unpaired) electrons. The molecule has 0 bridgehead atoms. The van der Waals surface area contributed by atoms with Crippen LogP contribution in [0.1, 0.15) is 44.2 Å². The molecule has 0 spiro atoms. The van der Waals surface area contributed by atoms with Crippen molar-refractivity contribution in [3.63, 3.8) is 0 Å². The fraction of sp³-hybridized carbons (Fsp3) is 0.588. The summed E-state index contributed by atoms with van der Waals surface area (Å²) in [5.74, 6) is 0.810. The van der Waals surface area contributed by atoms with E-state index in [0.717, 1.165) is 29.7 Å². The highest BCUT2D eigenvalue weighted by molar-refractivity contribution is 5.85. The number of hydrogen-bond acceptors (Lipinski definition) is 3. The summed E-state index contributed by atoms with van der Waals surface area (Å²) < 4.78 is 5.66. The summed E-state index contributed by atoms with van der Waals surface area (Å²) in [6.07, 6.45) is 2.02. The monoisotopic (exact) mass is 328 g/mol. The van der Waals surface area contributed by atoms with E-state index in [9.17, 15) is 4.79 Å². The van der Waals surface area contributed by atoms with Crippen LogP contribution in [0.4, 0.5) is 0 Å². The highest BCUT2D eigenvalue weighted by atomic mass is 35.5. The Kier molecular flexibility index (Phi) is 9.14. The second-order valence-electron chi connectivity index (χ2n) is 5.66. The van der Waals surface area contributed by atoms with Crippen molar-refractivity contribution in [3.05, 3.63) is 29.3 Å². The first-order valence-corrected chi connectivity index (χ1v) is 7.67. The zero-order chi connectivity index (χ0) is 15.9. The molecule has 22 heavy (non-hydrogen) atoms. The van der Waals surface area contributed by atoms with Gasteiger partial charge in [-0.05, 0) is 49.9 Å². The lowest BCUT2D eigenvalue weighted by Gasteiger charge is -2.31. The number of amides is 1. The van der Waals surface area contributed by atoms with Gasteiger partial charge in [0.25, 0.3) is 0 Å². The van der Waals surface area contributed by atoms with Crippen molar-refractivity contribution < 1.29 is 9.53 Å². The van der Waals surface area contributed by atoms with Gasteiger partial charge in [0.1, 0.15) is 5.75 Å². The number of benzene rings is 1. The molecule has 1 aromatic carbocycles. The quantitative estimate of drug-likeness (QED) is 0.770. The molecular formula is C17H29ClN2O2. The number of halogens is 1. The topological polar surface area (TPSA) is 64.3 Å². The minimum atomic E-state index is -0.281. The molecule has 4 nitrogen and oxygen atoms in total. The minimum Gasteiger partial charge on any atom is -0.493 e. The van der Waals surface area contributed by atoms with Gasteiger partial charge in [-0.2, -0.15) is 0 Å². The molecule has 0 aromatic heterocycles. The SMILES string of the molecule is CCC(CC)(CN)NC(=O)CCOc1cc(C)cc(C)c1.Cl. The highest BCUT2D eigenvalue weighted by Gasteiger charge is 2.25. The fourth-order valence-electron chi connectivity index (χ4n) is 2.40. The van der Waals surface area contributed by atoms with Gasteiger partial charge < -0.3 is 15.8 Å². The lowest BCUT2D eigenvalue weighted by atomic mass is 9.93. The number of ether oxygens (including phenoxy) is 1. The predicted octanol–water partition coefficient (Wildman–Crippen LogP) is 3.13. The molecule has 0 aliphatic carbocycles. The van der Waals surface area contributed by atoms with Crippen LogP contribution in [0, 0.1) is 13.8 Å². The number of nitrogens with one attached hydrogen (secondary N) is 1. The zero-order valence-corrected chi connectivity index (χ0v) is 14.9. The second kappa shape index (κ2) is 9.70. The number of rotatable bonds is 8. The molecule has 1 amide bonds. The van der Waals surface area contributed by atoms with E-state index in [1.165, 1.54) is 0 Å². The number of nitrogens with two attached hydrogens (primary N) is 1. The Morgan fingerprint density at radius 3 is 2.18 bits per heavy atom. The molecule has 0 atom stereocenters. The maximum atomic E-state index is 12.0. The summed E-state index contributed by atoms with van der Waals surface area (Å²) >= 11 is 0. The van der Waals surface area contributed by atoms with Crippen molar-refractivity contribution in [2.24, 2.45) is 5.73 Å². The minimum absolute atomic E-state index is 0. The van der Waals surface area contributed by atoms with Crippen molar-refractivity contribution in [2.75, 3.05) is 13.2 Å². The van der Waals surface area contributed by atoms with Crippen LogP contribution in [-0.4, -0.2) is 24.6 Å². The van der Waals surface area contributed by atoms with Gasteiger partial charge in [0, 0.05) is 6.54 Å². The number of carbonyl (C=O) groups is 1. The van der Waals surface area contributed by atoms with Crippen LogP contribution >= 0.6 is 12.4 Å². The van der Waals surface area contributed by atoms with Gasteiger partial charge in [-0.3, -0.25) is 4.79 Å². The Morgan fingerprint density at radius 2 is 1.73 bits per heavy atom. The Morgan fingerprint density at radius 1 is 1.18 bits per heavy atom. The summed E-state index contributed by atoms with van der Waals surface area (Å²) in [4.78, 5) is 12.0. The van der Waals surface area contributed by atoms with Gasteiger partial charge in [0.05, 0.1) is 18.6 Å². The van der Waals surface area contributed by atoms with Crippen LogP contribution in [0.15, 0.2) is 18.2 Å². The van der Waals surface area contributed by atoms with E-state index in [1.54, 1.807) is 0 Å². The third-order valence-corrected chi connectivity index (χ3v) is 3.94. The molecule has 0 aliphatic rings. The molecule has 0 fully saturated rings. The molecule has 0 unspecified atom stereocenters. The molecule has 0 saturated carbocycles. The highest BCUT2D eigenvalue weighted by Crippen LogP contribution is 2.17. The average Bonchev–Trinajstić information content (AvgIpc) is 2.44. The maximum Gasteiger partial charge on any atom is 0.223 e. The first-order valence-electron chi connectivity index (χ1n) is 7.67. The molecule has 3 N–H and O–H groups in total. The Balaban J connectivity index is 0.00000441. The van der Waals surface area contributed by atoms with E-state index < -0.39 is 0 Å². The standard InChI is InChI=1S/C17H28N2O2.ClH/c1-5-17(6-2,12-18)19-16(20)7-8-21-15-10-13(3)9-14(4)11-15;/h9-11H,5-8,12,18H2,1-4H3,(H,19,20);1H. The second-order valence-corrected chi connectivity index (χ2v) is 5.66. The molecule has 1 aromatic rings. The summed E-state index contributed by atoms with van der Waals surface area (Å²) in [6.45, 7) is 8.99. The number of carbonyl (C=O) groups excluding carboxylic acids is 1. The van der Waals surface area contributed by atoms with Crippen LogP contribution in [-0.2, 0) is 4.79 Å². The van der Waals surface area contributed by atoms with E-state index in [0.29, 0.717) is 19.6 Å². The van der Waals surface area contributed by atoms with Gasteiger partial charge in [0.15, 0.2) is 0 Å². The maximum absolute atomic E-state index is 12.0. The largest absolute Gasteiger partial charge is 0.493 e. The lowest BCUT2D eigenvalue weighted by Crippen LogP contribution is -2.53. The molecule has 0 saturated heterocycles. The van der Waals surface area contributed by atoms with Gasteiger partial charge in [0.2, 0.25) is 5.91 Å². The smallest absolute Gasteiger partial charge is 0.223 e. The summed E-state index contributed by atoms with van der Waals surface area (Å²) in [7, 11) is 0. The van der Waals surface area contributed by atoms with Crippen LogP contribution in [0.5, 0.6) is 5.75 Å². The van der Waals surface area contributed by atoms with Gasteiger partial charge in [-0.25, -0.2) is 0 Å². The van der Waals surface area contributed by atoms with Crippen LogP contribution in [0.3, 0.4) is 0 Å². The van der Waals surface area contributed by atoms with Crippen molar-refractivity contribution >= 4 is 18.3 Å². The Labute approximate surface area is 140 Å². The normalized spacial score (nSPS) is 10.8. The van der Waals surface area contributed by atoms with E-state index in [1.807, 2.05) is 39.8 Å². The van der Waals surface area contributed by atoms with Crippen LogP contribution in [0.25, 0.3) is 0 Å². The van der Waals surface area contributed by atoms with Gasteiger partial charge >= 0.3 is 0 Å². The average molecular weight is 329 g/mol. The van der Waals surface area contributed by atoms with Gasteiger partial charge in [-0.15, -0.1) is 12.4 Å². The van der Waals surface area contributed by atoms with Crippen molar-refractivity contribution in [3.8, 4) is 5.75 Å². The lowest BCUT2D eigenvalue weighted by molar-refractivity contribution is -0.123. The Hall–Kier alpha value is -1.26. The number of hydrogen-bond donors (Lipinski definition) is 2.